The molecule has 70 heavy (non-hydrogen) atoms. The third-order valence-electron chi connectivity index (χ3n) is 11.3. The molecule has 9 atom stereocenters. The number of aliphatic hydroxyl groups is 5. The van der Waals surface area contributed by atoms with Crippen molar-refractivity contribution in [3.8, 4) is 0 Å². The standard InChI is InChI=1S/C51H88O17P2/c1-3-5-7-8-9-10-11-12-13-14-15-16-17-18-22-25-28-31-34-38-44(53)64-40-43(41-65-70(62,63)68-51-48(57)46(55)47(56)50(49(51)58)67-69(59,60)61)66-45(54)39-35-32-29-26-23-20-19-21-24-27-30-33-37-42(52)36-6-4-2/h9-10,12-13,19-20,24,26-27,29,33,37,42-43,46-52,55-58H,3-8,11,14-18,21-23,25,28,30-32,34-36,38-41H2,1-2H3,(H,62,63)(H2,59,60,61)/b10-9-,13-12-,20-19-,27-24-,29-26-,37-33-/t42-,43-,46?,47?,48?,49?,50-,51+/m1/s1. The first kappa shape index (κ1) is 65.4. The van der Waals surface area contributed by atoms with Crippen LogP contribution < -0.4 is 0 Å². The van der Waals surface area contributed by atoms with E-state index in [9.17, 15) is 58.9 Å². The molecule has 1 aliphatic rings. The highest BCUT2D eigenvalue weighted by Crippen LogP contribution is 2.49. The molecule has 0 aliphatic heterocycles. The minimum Gasteiger partial charge on any atom is -0.462 e. The number of allylic oxidation sites excluding steroid dienone is 11. The van der Waals surface area contributed by atoms with Crippen LogP contribution in [0.1, 0.15) is 174 Å². The predicted molar refractivity (Wildman–Crippen MR) is 270 cm³/mol. The molecule has 1 rings (SSSR count). The van der Waals surface area contributed by atoms with Crippen LogP contribution in [0.4, 0.5) is 0 Å². The average molecular weight is 1040 g/mol. The van der Waals surface area contributed by atoms with Gasteiger partial charge in [0.05, 0.1) is 12.7 Å². The number of aliphatic hydroxyl groups excluding tert-OH is 5. The fourth-order valence-electron chi connectivity index (χ4n) is 7.30. The van der Waals surface area contributed by atoms with Crippen LogP contribution in [0.15, 0.2) is 72.9 Å². The van der Waals surface area contributed by atoms with Crippen LogP contribution in [-0.2, 0) is 41.8 Å². The molecule has 0 aromatic rings. The molecule has 8 N–H and O–H groups in total. The summed E-state index contributed by atoms with van der Waals surface area (Å²) in [7, 11) is -10.7. The van der Waals surface area contributed by atoms with E-state index in [-0.39, 0.29) is 12.8 Å². The summed E-state index contributed by atoms with van der Waals surface area (Å²) < 4.78 is 49.4. The van der Waals surface area contributed by atoms with Gasteiger partial charge >= 0.3 is 27.6 Å². The zero-order valence-corrected chi connectivity index (χ0v) is 43.6. The Hall–Kier alpha value is -2.60. The molecular weight excluding hydrogens is 946 g/mol. The number of hydrogen-bond donors (Lipinski definition) is 8. The summed E-state index contributed by atoms with van der Waals surface area (Å²) in [5.74, 6) is -1.30. The Labute approximate surface area is 417 Å². The lowest BCUT2D eigenvalue weighted by atomic mass is 9.85. The fourth-order valence-corrected chi connectivity index (χ4v) is 8.84. The smallest absolute Gasteiger partial charge is 0.462 e. The highest BCUT2D eigenvalue weighted by Gasteiger charge is 2.54. The lowest BCUT2D eigenvalue weighted by Crippen LogP contribution is -2.64. The van der Waals surface area contributed by atoms with Crippen molar-refractivity contribution in [3.05, 3.63) is 72.9 Å². The van der Waals surface area contributed by atoms with Crippen molar-refractivity contribution in [2.24, 2.45) is 0 Å². The largest absolute Gasteiger partial charge is 0.472 e. The minimum atomic E-state index is -5.38. The predicted octanol–water partition coefficient (Wildman–Crippen LogP) is 9.37. The molecule has 19 heteroatoms. The molecule has 0 saturated heterocycles. The Morgan fingerprint density at radius 1 is 0.514 bits per heavy atom. The Morgan fingerprint density at radius 2 is 0.971 bits per heavy atom. The van der Waals surface area contributed by atoms with E-state index in [1.807, 2.05) is 48.6 Å². The van der Waals surface area contributed by atoms with Gasteiger partial charge in [-0.3, -0.25) is 23.2 Å². The number of esters is 2. The van der Waals surface area contributed by atoms with Gasteiger partial charge in [-0.1, -0.05) is 157 Å². The van der Waals surface area contributed by atoms with Crippen LogP contribution in [-0.4, -0.2) is 114 Å². The van der Waals surface area contributed by atoms with Gasteiger partial charge in [-0.25, -0.2) is 9.13 Å². The van der Waals surface area contributed by atoms with E-state index in [2.05, 4.69) is 42.7 Å². The first-order valence-corrected chi connectivity index (χ1v) is 28.6. The topological polar surface area (TPSA) is 276 Å². The number of rotatable bonds is 42. The lowest BCUT2D eigenvalue weighted by Gasteiger charge is -2.43. The first-order valence-electron chi connectivity index (χ1n) is 25.6. The van der Waals surface area contributed by atoms with E-state index >= 15 is 0 Å². The van der Waals surface area contributed by atoms with Crippen LogP contribution in [0.2, 0.25) is 0 Å². The van der Waals surface area contributed by atoms with Gasteiger partial charge in [-0.2, -0.15) is 0 Å². The van der Waals surface area contributed by atoms with Gasteiger partial charge in [0.25, 0.3) is 0 Å². The zero-order valence-electron chi connectivity index (χ0n) is 41.8. The summed E-state index contributed by atoms with van der Waals surface area (Å²) in [6, 6.07) is 0. The number of carbonyl (C=O) groups is 2. The zero-order chi connectivity index (χ0) is 51.9. The Bertz CT molecular complexity index is 1640. The van der Waals surface area contributed by atoms with Crippen molar-refractivity contribution in [2.45, 2.75) is 223 Å². The molecule has 1 aliphatic carbocycles. The molecule has 17 nitrogen and oxygen atoms in total. The minimum absolute atomic E-state index is 0.0525. The molecule has 0 spiro atoms. The fraction of sp³-hybridized carbons (Fsp3) is 0.725. The van der Waals surface area contributed by atoms with Crippen molar-refractivity contribution >= 4 is 27.6 Å². The molecule has 0 amide bonds. The number of carbonyl (C=O) groups excluding carboxylic acids is 2. The maximum Gasteiger partial charge on any atom is 0.472 e. The maximum absolute atomic E-state index is 13.0. The molecular formula is C51H88O17P2. The second-order valence-electron chi connectivity index (χ2n) is 17.7. The van der Waals surface area contributed by atoms with Gasteiger partial charge < -0.3 is 49.7 Å². The second-order valence-corrected chi connectivity index (χ2v) is 20.3. The van der Waals surface area contributed by atoms with E-state index in [1.165, 1.54) is 38.5 Å². The van der Waals surface area contributed by atoms with E-state index < -0.39 is 89.6 Å². The van der Waals surface area contributed by atoms with Crippen LogP contribution in [0.5, 0.6) is 0 Å². The normalized spacial score (nSPS) is 22.0. The molecule has 5 unspecified atom stereocenters. The van der Waals surface area contributed by atoms with Gasteiger partial charge in [0.15, 0.2) is 6.10 Å². The number of phosphoric acid groups is 2. The maximum atomic E-state index is 13.0. The van der Waals surface area contributed by atoms with Gasteiger partial charge in [0.2, 0.25) is 0 Å². The lowest BCUT2D eigenvalue weighted by molar-refractivity contribution is -0.216. The summed E-state index contributed by atoms with van der Waals surface area (Å²) in [4.78, 5) is 54.4. The molecule has 0 radical (unpaired) electrons. The van der Waals surface area contributed by atoms with Gasteiger partial charge in [-0.05, 0) is 77.0 Å². The monoisotopic (exact) mass is 1030 g/mol. The van der Waals surface area contributed by atoms with Crippen molar-refractivity contribution in [1.29, 1.82) is 0 Å². The molecule has 1 fully saturated rings. The van der Waals surface area contributed by atoms with E-state index in [0.717, 1.165) is 83.5 Å². The molecule has 1 saturated carbocycles. The molecule has 0 heterocycles. The number of hydrogen-bond acceptors (Lipinski definition) is 14. The molecule has 0 bridgehead atoms. The summed E-state index contributed by atoms with van der Waals surface area (Å²) in [5, 5.41) is 51.1. The Balaban J connectivity index is 2.60. The summed E-state index contributed by atoms with van der Waals surface area (Å²) in [6.07, 6.45) is 31.8. The Kier molecular flexibility index (Phi) is 38.2. The van der Waals surface area contributed by atoms with Crippen molar-refractivity contribution < 1.29 is 82.0 Å². The molecule has 0 aromatic heterocycles. The SMILES string of the molecule is CCCCC/C=C\C/C=C\CCCCCCCCCCCC(=O)OC[C@H](COP(=O)(O)O[C@H]1C(O)C(O)C(O)[C@@H](OP(=O)(O)O)C1O)OC(=O)CCC/C=C\C/C=C\C/C=C\C/C=C\[C@H](O)CCCC. The van der Waals surface area contributed by atoms with Crippen LogP contribution >= 0.6 is 15.6 Å². The third-order valence-corrected chi connectivity index (χ3v) is 12.8. The van der Waals surface area contributed by atoms with Gasteiger partial charge in [-0.15, -0.1) is 0 Å². The summed E-state index contributed by atoms with van der Waals surface area (Å²) in [6.45, 7) is 2.89. The van der Waals surface area contributed by atoms with Crippen molar-refractivity contribution in [1.82, 2.24) is 0 Å². The van der Waals surface area contributed by atoms with Crippen LogP contribution in [0, 0.1) is 0 Å². The quantitative estimate of drug-likeness (QED) is 0.0122. The molecule has 0 aromatic carbocycles. The second kappa shape index (κ2) is 40.8. The third kappa shape index (κ3) is 34.7. The van der Waals surface area contributed by atoms with E-state index in [0.29, 0.717) is 25.7 Å². The highest BCUT2D eigenvalue weighted by atomic mass is 31.2. The van der Waals surface area contributed by atoms with Gasteiger partial charge in [0, 0.05) is 12.8 Å². The highest BCUT2D eigenvalue weighted by molar-refractivity contribution is 7.47. The number of phosphoric ester groups is 2. The summed E-state index contributed by atoms with van der Waals surface area (Å²) in [5.41, 5.74) is 0. The number of unbranched alkanes of at least 4 members (excludes halogenated alkanes) is 14. The average Bonchev–Trinajstić information content (AvgIpc) is 3.31. The number of ether oxygens (including phenoxy) is 2. The van der Waals surface area contributed by atoms with E-state index in [1.54, 1.807) is 0 Å². The van der Waals surface area contributed by atoms with Gasteiger partial charge in [0.1, 0.15) is 43.2 Å². The summed E-state index contributed by atoms with van der Waals surface area (Å²) >= 11 is 0. The van der Waals surface area contributed by atoms with E-state index in [4.69, 9.17) is 18.5 Å². The first-order chi connectivity index (χ1) is 33.5. The van der Waals surface area contributed by atoms with Crippen molar-refractivity contribution in [3.63, 3.8) is 0 Å². The Morgan fingerprint density at radius 3 is 1.51 bits per heavy atom. The van der Waals surface area contributed by atoms with Crippen LogP contribution in [0.25, 0.3) is 0 Å². The van der Waals surface area contributed by atoms with Crippen molar-refractivity contribution in [2.75, 3.05) is 13.2 Å². The molecule has 404 valence electrons. The van der Waals surface area contributed by atoms with Crippen LogP contribution in [0.3, 0.4) is 0 Å².